The second-order valence-electron chi connectivity index (χ2n) is 5.16. The lowest BCUT2D eigenvalue weighted by Gasteiger charge is -2.36. The summed E-state index contributed by atoms with van der Waals surface area (Å²) in [6.45, 7) is 6.83. The van der Waals surface area contributed by atoms with Crippen LogP contribution in [0.2, 0.25) is 0 Å². The highest BCUT2D eigenvalue weighted by atomic mass is 15.2. The number of anilines is 1. The number of rotatable bonds is 3. The largest absolute Gasteiger partial charge is 0.308 e. The van der Waals surface area contributed by atoms with Crippen molar-refractivity contribution < 1.29 is 0 Å². The Hall–Kier alpha value is -1.13. The molecule has 0 spiro atoms. The first-order valence-corrected chi connectivity index (χ1v) is 6.34. The second kappa shape index (κ2) is 5.47. The van der Waals surface area contributed by atoms with E-state index in [1.807, 2.05) is 12.3 Å². The minimum atomic E-state index is 0.679. The Balaban J connectivity index is 1.98. The van der Waals surface area contributed by atoms with Crippen LogP contribution in [0.25, 0.3) is 0 Å². The molecule has 1 fully saturated rings. The van der Waals surface area contributed by atoms with Crippen LogP contribution < -0.4 is 11.3 Å². The van der Waals surface area contributed by atoms with Gasteiger partial charge in [0.05, 0.1) is 0 Å². The van der Waals surface area contributed by atoms with Gasteiger partial charge in [-0.3, -0.25) is 4.90 Å². The number of hydrogen-bond donors (Lipinski definition) is 2. The van der Waals surface area contributed by atoms with E-state index in [1.165, 1.54) is 24.9 Å². The Bertz CT molecular complexity index is 349. The second-order valence-corrected chi connectivity index (χ2v) is 5.16. The average Bonchev–Trinajstić information content (AvgIpc) is 2.35. The van der Waals surface area contributed by atoms with E-state index in [0.717, 1.165) is 12.5 Å². The van der Waals surface area contributed by atoms with Crippen LogP contribution in [0.4, 0.5) is 5.82 Å². The van der Waals surface area contributed by atoms with Crippen LogP contribution in [0, 0.1) is 5.92 Å². The van der Waals surface area contributed by atoms with E-state index in [4.69, 9.17) is 5.84 Å². The highest BCUT2D eigenvalue weighted by Crippen LogP contribution is 2.23. The molecular weight excluding hydrogens is 212 g/mol. The maximum atomic E-state index is 5.30. The third-order valence-electron chi connectivity index (χ3n) is 3.61. The van der Waals surface area contributed by atoms with Crippen LogP contribution in [-0.4, -0.2) is 22.5 Å². The fourth-order valence-electron chi connectivity index (χ4n) is 2.44. The van der Waals surface area contributed by atoms with Crippen LogP contribution in [0.5, 0.6) is 0 Å². The molecule has 17 heavy (non-hydrogen) atoms. The van der Waals surface area contributed by atoms with Crippen molar-refractivity contribution in [2.75, 3.05) is 12.0 Å². The molecule has 1 aliphatic rings. The molecule has 94 valence electrons. The predicted octanol–water partition coefficient (Wildman–Crippen LogP) is 1.99. The molecule has 1 aromatic heterocycles. The first-order chi connectivity index (χ1) is 8.19. The molecule has 1 aliphatic heterocycles. The number of nitrogen functional groups attached to an aromatic ring is 1. The molecule has 0 aromatic carbocycles. The van der Waals surface area contributed by atoms with Crippen molar-refractivity contribution in [1.29, 1.82) is 0 Å². The maximum absolute atomic E-state index is 5.30. The molecule has 2 unspecified atom stereocenters. The number of nitrogens with zero attached hydrogens (tertiary/aromatic N) is 2. The van der Waals surface area contributed by atoms with Crippen LogP contribution in [0.1, 0.15) is 32.3 Å². The number of pyridine rings is 1. The first-order valence-electron chi connectivity index (χ1n) is 6.34. The molecular formula is C13H22N4. The highest BCUT2D eigenvalue weighted by Gasteiger charge is 2.22. The molecule has 0 radical (unpaired) electrons. The predicted molar refractivity (Wildman–Crippen MR) is 70.3 cm³/mol. The molecule has 2 atom stereocenters. The zero-order chi connectivity index (χ0) is 12.3. The van der Waals surface area contributed by atoms with Gasteiger partial charge in [-0.15, -0.1) is 0 Å². The van der Waals surface area contributed by atoms with Crippen molar-refractivity contribution in [2.24, 2.45) is 11.8 Å². The van der Waals surface area contributed by atoms with Gasteiger partial charge in [0.2, 0.25) is 0 Å². The lowest BCUT2D eigenvalue weighted by atomic mass is 9.95. The number of piperidine rings is 1. The number of nitrogens with one attached hydrogen (secondary N) is 1. The lowest BCUT2D eigenvalue weighted by Crippen LogP contribution is -2.40. The fourth-order valence-corrected chi connectivity index (χ4v) is 2.44. The van der Waals surface area contributed by atoms with Gasteiger partial charge in [0.1, 0.15) is 5.82 Å². The Kier molecular flexibility index (Phi) is 3.97. The van der Waals surface area contributed by atoms with E-state index in [0.29, 0.717) is 11.9 Å². The minimum Gasteiger partial charge on any atom is -0.308 e. The van der Waals surface area contributed by atoms with E-state index < -0.39 is 0 Å². The monoisotopic (exact) mass is 234 g/mol. The summed E-state index contributed by atoms with van der Waals surface area (Å²) in [7, 11) is 0. The molecule has 0 amide bonds. The van der Waals surface area contributed by atoms with Gasteiger partial charge in [-0.1, -0.05) is 13.0 Å². The normalized spacial score (nSPS) is 25.8. The third-order valence-corrected chi connectivity index (χ3v) is 3.61. The zero-order valence-electron chi connectivity index (χ0n) is 10.7. The molecule has 1 aromatic rings. The van der Waals surface area contributed by atoms with E-state index in [-0.39, 0.29) is 0 Å². The molecule has 0 saturated carbocycles. The molecule has 3 N–H and O–H groups in total. The summed E-state index contributed by atoms with van der Waals surface area (Å²) in [5.74, 6) is 6.83. The van der Waals surface area contributed by atoms with Gasteiger partial charge >= 0.3 is 0 Å². The van der Waals surface area contributed by atoms with E-state index in [2.05, 4.69) is 35.2 Å². The Morgan fingerprint density at radius 3 is 2.88 bits per heavy atom. The van der Waals surface area contributed by atoms with Gasteiger partial charge < -0.3 is 5.43 Å². The van der Waals surface area contributed by atoms with Crippen molar-refractivity contribution in [3.63, 3.8) is 0 Å². The zero-order valence-corrected chi connectivity index (χ0v) is 10.7. The maximum Gasteiger partial charge on any atom is 0.139 e. The average molecular weight is 234 g/mol. The Labute approximate surface area is 103 Å². The Morgan fingerprint density at radius 2 is 2.24 bits per heavy atom. The molecule has 2 rings (SSSR count). The molecule has 4 nitrogen and oxygen atoms in total. The van der Waals surface area contributed by atoms with E-state index in [1.54, 1.807) is 0 Å². The molecule has 2 heterocycles. The summed E-state index contributed by atoms with van der Waals surface area (Å²) < 4.78 is 0. The number of aromatic nitrogens is 1. The third kappa shape index (κ3) is 3.17. The van der Waals surface area contributed by atoms with Gasteiger partial charge in [0.25, 0.3) is 0 Å². The van der Waals surface area contributed by atoms with Crippen molar-refractivity contribution in [3.8, 4) is 0 Å². The fraction of sp³-hybridized carbons (Fsp3) is 0.615. The first kappa shape index (κ1) is 12.3. The van der Waals surface area contributed by atoms with Crippen molar-refractivity contribution in [3.05, 3.63) is 23.9 Å². The van der Waals surface area contributed by atoms with Crippen LogP contribution >= 0.6 is 0 Å². The topological polar surface area (TPSA) is 54.2 Å². The van der Waals surface area contributed by atoms with Gasteiger partial charge in [-0.25, -0.2) is 10.8 Å². The molecule has 1 saturated heterocycles. The number of nitrogens with two attached hydrogens (primary N) is 1. The number of hydrazine groups is 1. The van der Waals surface area contributed by atoms with Crippen LogP contribution in [-0.2, 0) is 6.54 Å². The van der Waals surface area contributed by atoms with Crippen molar-refractivity contribution in [2.45, 2.75) is 39.3 Å². The van der Waals surface area contributed by atoms with Crippen molar-refractivity contribution in [1.82, 2.24) is 9.88 Å². The van der Waals surface area contributed by atoms with Crippen molar-refractivity contribution >= 4 is 5.82 Å². The van der Waals surface area contributed by atoms with Gasteiger partial charge in [0.15, 0.2) is 0 Å². The summed E-state index contributed by atoms with van der Waals surface area (Å²) in [6, 6.07) is 4.69. The summed E-state index contributed by atoms with van der Waals surface area (Å²) in [5.41, 5.74) is 3.80. The van der Waals surface area contributed by atoms with E-state index >= 15 is 0 Å². The summed E-state index contributed by atoms with van der Waals surface area (Å²) in [5, 5.41) is 0. The molecule has 4 heteroatoms. The summed E-state index contributed by atoms with van der Waals surface area (Å²) in [4.78, 5) is 6.79. The summed E-state index contributed by atoms with van der Waals surface area (Å²) in [6.07, 6.45) is 4.56. The minimum absolute atomic E-state index is 0.679. The number of likely N-dealkylation sites (tertiary alicyclic amines) is 1. The van der Waals surface area contributed by atoms with Crippen LogP contribution in [0.3, 0.4) is 0 Å². The van der Waals surface area contributed by atoms with Gasteiger partial charge in [0, 0.05) is 25.3 Å². The quantitative estimate of drug-likeness (QED) is 0.620. The van der Waals surface area contributed by atoms with Crippen LogP contribution in [0.15, 0.2) is 18.3 Å². The molecule has 0 aliphatic carbocycles. The highest BCUT2D eigenvalue weighted by molar-refractivity contribution is 5.33. The summed E-state index contributed by atoms with van der Waals surface area (Å²) >= 11 is 0. The van der Waals surface area contributed by atoms with Gasteiger partial charge in [-0.2, -0.15) is 0 Å². The Morgan fingerprint density at radius 1 is 1.41 bits per heavy atom. The van der Waals surface area contributed by atoms with E-state index in [9.17, 15) is 0 Å². The smallest absolute Gasteiger partial charge is 0.139 e. The molecule has 0 bridgehead atoms. The number of hydrogen-bond acceptors (Lipinski definition) is 4. The van der Waals surface area contributed by atoms with Gasteiger partial charge in [-0.05, 0) is 37.3 Å². The SMILES string of the molecule is CC1CCC(C)N(Cc2ccc(NN)nc2)C1. The standard InChI is InChI=1S/C13H22N4/c1-10-3-4-11(2)17(8-10)9-12-5-6-13(16-14)15-7-12/h5-7,10-11H,3-4,8-9,14H2,1-2H3,(H,15,16). The lowest BCUT2D eigenvalue weighted by molar-refractivity contribution is 0.117.